The molecule has 3 nitrogen and oxygen atoms in total. The molecule has 2 aliphatic rings. The van der Waals surface area contributed by atoms with Crippen molar-refractivity contribution in [1.82, 2.24) is 9.80 Å². The van der Waals surface area contributed by atoms with E-state index < -0.39 is 0 Å². The molecule has 2 fully saturated rings. The molecule has 0 radical (unpaired) electrons. The predicted molar refractivity (Wildman–Crippen MR) is 77.9 cm³/mol. The first kappa shape index (κ1) is 13.1. The van der Waals surface area contributed by atoms with Gasteiger partial charge in [-0.1, -0.05) is 0 Å². The van der Waals surface area contributed by atoms with E-state index in [1.165, 1.54) is 8.66 Å². The fraction of sp³-hybridized carbons (Fsp3) is 0.692. The van der Waals surface area contributed by atoms with E-state index in [0.29, 0.717) is 12.1 Å². The Bertz CT molecular complexity index is 425. The summed E-state index contributed by atoms with van der Waals surface area (Å²) in [5.41, 5.74) is 0. The molecule has 0 bridgehead atoms. The van der Waals surface area contributed by atoms with Gasteiger partial charge in [0, 0.05) is 43.1 Å². The van der Waals surface area contributed by atoms with Gasteiger partial charge in [-0.25, -0.2) is 0 Å². The van der Waals surface area contributed by atoms with Gasteiger partial charge in [0.05, 0.1) is 9.89 Å². The minimum absolute atomic E-state index is 0.113. The largest absolute Gasteiger partial charge is 0.392 e. The topological polar surface area (TPSA) is 26.7 Å². The summed E-state index contributed by atoms with van der Waals surface area (Å²) < 4.78 is 1.21. The molecule has 5 heteroatoms. The second kappa shape index (κ2) is 5.21. The number of aliphatic hydroxyl groups is 1. The molecule has 100 valence electrons. The highest BCUT2D eigenvalue weighted by Gasteiger charge is 2.37. The Morgan fingerprint density at radius 1 is 1.39 bits per heavy atom. The average Bonchev–Trinajstić information content (AvgIpc) is 2.85. The first-order valence-electron chi connectivity index (χ1n) is 6.52. The summed E-state index contributed by atoms with van der Waals surface area (Å²) in [7, 11) is 0. The predicted octanol–water partition coefficient (Wildman–Crippen LogP) is 2.15. The standard InChI is InChI=1S/C13H19BrN2OS/c1-9-5-16-7-11(17)4-10(16)6-15(9)8-12-2-3-13(14)18-12/h2-3,9-11,17H,4-8H2,1H3/t9-,10+,11-/m1/s1. The van der Waals surface area contributed by atoms with Gasteiger partial charge in [0.1, 0.15) is 0 Å². The van der Waals surface area contributed by atoms with Crippen LogP contribution in [0.15, 0.2) is 15.9 Å². The lowest BCUT2D eigenvalue weighted by Crippen LogP contribution is -2.54. The molecule has 2 saturated heterocycles. The Morgan fingerprint density at radius 2 is 2.22 bits per heavy atom. The number of hydrogen-bond acceptors (Lipinski definition) is 4. The Labute approximate surface area is 121 Å². The number of fused-ring (bicyclic) bond motifs is 1. The fourth-order valence-corrected chi connectivity index (χ4v) is 4.64. The average molecular weight is 331 g/mol. The van der Waals surface area contributed by atoms with Crippen molar-refractivity contribution in [2.24, 2.45) is 0 Å². The zero-order valence-electron chi connectivity index (χ0n) is 10.6. The third-order valence-corrected chi connectivity index (χ3v) is 5.67. The molecular formula is C13H19BrN2OS. The first-order valence-corrected chi connectivity index (χ1v) is 8.13. The van der Waals surface area contributed by atoms with Crippen LogP contribution in [-0.2, 0) is 6.54 Å². The Hall–Kier alpha value is 0.0600. The van der Waals surface area contributed by atoms with Crippen LogP contribution in [0.4, 0.5) is 0 Å². The lowest BCUT2D eigenvalue weighted by Gasteiger charge is -2.42. The number of rotatable bonds is 2. The summed E-state index contributed by atoms with van der Waals surface area (Å²) >= 11 is 5.34. The molecule has 18 heavy (non-hydrogen) atoms. The van der Waals surface area contributed by atoms with Gasteiger partial charge in [-0.3, -0.25) is 9.80 Å². The highest BCUT2D eigenvalue weighted by Crippen LogP contribution is 2.28. The third-order valence-electron chi connectivity index (χ3n) is 4.06. The molecule has 0 amide bonds. The Morgan fingerprint density at radius 3 is 2.94 bits per heavy atom. The van der Waals surface area contributed by atoms with Crippen LogP contribution in [0.1, 0.15) is 18.2 Å². The second-order valence-corrected chi connectivity index (χ2v) is 8.03. The summed E-state index contributed by atoms with van der Waals surface area (Å²) in [4.78, 5) is 6.42. The summed E-state index contributed by atoms with van der Waals surface area (Å²) in [6.07, 6.45) is 0.829. The van der Waals surface area contributed by atoms with Crippen molar-refractivity contribution >= 4 is 27.3 Å². The van der Waals surface area contributed by atoms with E-state index in [1.807, 2.05) is 11.3 Å². The molecule has 2 aliphatic heterocycles. The van der Waals surface area contributed by atoms with Crippen molar-refractivity contribution in [2.45, 2.75) is 38.1 Å². The van der Waals surface area contributed by atoms with E-state index in [4.69, 9.17) is 0 Å². The summed E-state index contributed by atoms with van der Waals surface area (Å²) in [6.45, 7) is 6.39. The number of nitrogens with zero attached hydrogens (tertiary/aromatic N) is 2. The van der Waals surface area contributed by atoms with Gasteiger partial charge in [-0.2, -0.15) is 0 Å². The molecular weight excluding hydrogens is 312 g/mol. The Balaban J connectivity index is 1.66. The third kappa shape index (κ3) is 2.65. The van der Waals surface area contributed by atoms with Crippen molar-refractivity contribution < 1.29 is 5.11 Å². The molecule has 3 heterocycles. The highest BCUT2D eigenvalue weighted by molar-refractivity contribution is 9.11. The summed E-state index contributed by atoms with van der Waals surface area (Å²) in [5.74, 6) is 0. The van der Waals surface area contributed by atoms with Crippen LogP contribution in [0, 0.1) is 0 Å². The maximum atomic E-state index is 9.76. The van der Waals surface area contributed by atoms with E-state index >= 15 is 0 Å². The lowest BCUT2D eigenvalue weighted by molar-refractivity contribution is 0.0535. The van der Waals surface area contributed by atoms with Crippen molar-refractivity contribution in [2.75, 3.05) is 19.6 Å². The van der Waals surface area contributed by atoms with E-state index in [1.54, 1.807) is 0 Å². The van der Waals surface area contributed by atoms with Crippen molar-refractivity contribution in [3.8, 4) is 0 Å². The number of halogens is 1. The number of aliphatic hydroxyl groups excluding tert-OH is 1. The van der Waals surface area contributed by atoms with E-state index in [-0.39, 0.29) is 6.10 Å². The molecule has 0 saturated carbocycles. The van der Waals surface area contributed by atoms with E-state index in [9.17, 15) is 5.11 Å². The number of hydrogen-bond donors (Lipinski definition) is 1. The molecule has 3 rings (SSSR count). The molecule has 0 aliphatic carbocycles. The molecule has 0 spiro atoms. The van der Waals surface area contributed by atoms with Crippen molar-refractivity contribution in [3.63, 3.8) is 0 Å². The number of thiophene rings is 1. The van der Waals surface area contributed by atoms with Gasteiger partial charge in [-0.05, 0) is 41.4 Å². The van der Waals surface area contributed by atoms with Crippen LogP contribution >= 0.6 is 27.3 Å². The second-order valence-electron chi connectivity index (χ2n) is 5.48. The molecule has 1 N–H and O–H groups in total. The van der Waals surface area contributed by atoms with Gasteiger partial charge in [0.15, 0.2) is 0 Å². The minimum Gasteiger partial charge on any atom is -0.392 e. The van der Waals surface area contributed by atoms with Gasteiger partial charge in [0.25, 0.3) is 0 Å². The normalized spacial score (nSPS) is 33.8. The van der Waals surface area contributed by atoms with E-state index in [2.05, 4.69) is 44.8 Å². The molecule has 3 atom stereocenters. The van der Waals surface area contributed by atoms with Gasteiger partial charge in [-0.15, -0.1) is 11.3 Å². The fourth-order valence-electron chi connectivity index (χ4n) is 3.13. The SMILES string of the molecule is C[C@@H]1CN2C[C@H](O)C[C@H]2CN1Cc1ccc(Br)s1. The van der Waals surface area contributed by atoms with Crippen LogP contribution < -0.4 is 0 Å². The summed E-state index contributed by atoms with van der Waals surface area (Å²) in [6, 6.07) is 5.46. The minimum atomic E-state index is -0.113. The molecule has 1 aromatic rings. The zero-order chi connectivity index (χ0) is 12.7. The lowest BCUT2D eigenvalue weighted by atomic mass is 10.1. The van der Waals surface area contributed by atoms with Crippen molar-refractivity contribution in [3.05, 3.63) is 20.8 Å². The molecule has 0 unspecified atom stereocenters. The first-order chi connectivity index (χ1) is 8.61. The monoisotopic (exact) mass is 330 g/mol. The van der Waals surface area contributed by atoms with Gasteiger partial charge in [0.2, 0.25) is 0 Å². The molecule has 0 aromatic carbocycles. The van der Waals surface area contributed by atoms with Crippen LogP contribution in [-0.4, -0.2) is 52.7 Å². The number of piperazine rings is 1. The quantitative estimate of drug-likeness (QED) is 0.900. The van der Waals surface area contributed by atoms with Crippen LogP contribution in [0.25, 0.3) is 0 Å². The Kier molecular flexibility index (Phi) is 3.78. The van der Waals surface area contributed by atoms with Crippen LogP contribution in [0.2, 0.25) is 0 Å². The van der Waals surface area contributed by atoms with Crippen molar-refractivity contribution in [1.29, 1.82) is 0 Å². The maximum absolute atomic E-state index is 9.76. The smallest absolute Gasteiger partial charge is 0.0701 e. The van der Waals surface area contributed by atoms with E-state index in [0.717, 1.165) is 32.6 Å². The van der Waals surface area contributed by atoms with Crippen LogP contribution in [0.3, 0.4) is 0 Å². The summed E-state index contributed by atoms with van der Waals surface area (Å²) in [5, 5.41) is 9.76. The van der Waals surface area contributed by atoms with Gasteiger partial charge >= 0.3 is 0 Å². The zero-order valence-corrected chi connectivity index (χ0v) is 13.0. The van der Waals surface area contributed by atoms with Gasteiger partial charge < -0.3 is 5.11 Å². The maximum Gasteiger partial charge on any atom is 0.0701 e. The van der Waals surface area contributed by atoms with Crippen LogP contribution in [0.5, 0.6) is 0 Å². The molecule has 1 aromatic heterocycles. The highest BCUT2D eigenvalue weighted by atomic mass is 79.9.